The molecule has 0 N–H and O–H groups in total. The van der Waals surface area contributed by atoms with E-state index in [1.54, 1.807) is 0 Å². The summed E-state index contributed by atoms with van der Waals surface area (Å²) in [5, 5.41) is 0. The maximum atomic E-state index is 3.02. The first-order valence-corrected chi connectivity index (χ1v) is 4.32. The Morgan fingerprint density at radius 1 is 1.00 bits per heavy atom. The zero-order valence-electron chi connectivity index (χ0n) is 7.54. The van der Waals surface area contributed by atoms with Crippen LogP contribution in [0.5, 0.6) is 0 Å². The predicted octanol–water partition coefficient (Wildman–Crippen LogP) is 3.26. The van der Waals surface area contributed by atoms with Gasteiger partial charge in [-0.15, -0.1) is 0 Å². The van der Waals surface area contributed by atoms with E-state index in [-0.39, 0.29) is 0 Å². The fourth-order valence-corrected chi connectivity index (χ4v) is 1.34. The average molecular weight is 166 g/mol. The van der Waals surface area contributed by atoms with Crippen LogP contribution in [0.4, 0.5) is 0 Å². The number of benzene rings is 1. The molecule has 2 rings (SSSR count). The van der Waals surface area contributed by atoms with Crippen molar-refractivity contribution in [3.8, 4) is 11.1 Å². The quantitative estimate of drug-likeness (QED) is 0.610. The Balaban J connectivity index is 2.48. The molecule has 0 heterocycles. The second-order valence-electron chi connectivity index (χ2n) is 3.06. The molecular formula is C13H10. The number of hydrogen-bond donors (Lipinski definition) is 0. The van der Waals surface area contributed by atoms with Crippen LogP contribution < -0.4 is 0 Å². The highest BCUT2D eigenvalue weighted by atomic mass is 14.0. The lowest BCUT2D eigenvalue weighted by atomic mass is 10.1. The molecule has 0 aliphatic heterocycles. The normalized spacial score (nSPS) is 9.31. The van der Waals surface area contributed by atoms with Crippen molar-refractivity contribution in [3.63, 3.8) is 0 Å². The van der Waals surface area contributed by atoms with E-state index >= 15 is 0 Å². The van der Waals surface area contributed by atoms with Crippen molar-refractivity contribution in [1.82, 2.24) is 0 Å². The van der Waals surface area contributed by atoms with Gasteiger partial charge in [-0.1, -0.05) is 42.5 Å². The first kappa shape index (κ1) is 7.89. The van der Waals surface area contributed by atoms with Crippen LogP contribution in [0.25, 0.3) is 11.1 Å². The van der Waals surface area contributed by atoms with E-state index in [4.69, 9.17) is 0 Å². The van der Waals surface area contributed by atoms with Crippen LogP contribution in [0, 0.1) is 19.1 Å². The molecule has 62 valence electrons. The van der Waals surface area contributed by atoms with Crippen LogP contribution in [0.3, 0.4) is 0 Å². The van der Waals surface area contributed by atoms with Gasteiger partial charge in [-0.25, -0.2) is 0 Å². The third-order valence-corrected chi connectivity index (χ3v) is 1.98. The third-order valence-electron chi connectivity index (χ3n) is 1.98. The van der Waals surface area contributed by atoms with Gasteiger partial charge >= 0.3 is 0 Å². The van der Waals surface area contributed by atoms with E-state index in [2.05, 4.69) is 30.3 Å². The lowest BCUT2D eigenvalue weighted by Crippen LogP contribution is -1.76. The van der Waals surface area contributed by atoms with Crippen molar-refractivity contribution in [2.24, 2.45) is 0 Å². The Bertz CT molecular complexity index is 388. The topological polar surface area (TPSA) is 0 Å². The molecule has 0 saturated heterocycles. The second-order valence-corrected chi connectivity index (χ2v) is 3.06. The number of aryl methyl sites for hydroxylation is 1. The summed E-state index contributed by atoms with van der Waals surface area (Å²) in [5.41, 5.74) is 3.56. The van der Waals surface area contributed by atoms with Crippen molar-refractivity contribution in [2.45, 2.75) is 6.92 Å². The Hall–Kier alpha value is -1.74. The van der Waals surface area contributed by atoms with E-state index in [0.29, 0.717) is 0 Å². The predicted molar refractivity (Wildman–Crippen MR) is 54.3 cm³/mol. The fourth-order valence-electron chi connectivity index (χ4n) is 1.34. The highest BCUT2D eigenvalue weighted by Crippen LogP contribution is 2.17. The molecular weight excluding hydrogens is 156 g/mol. The van der Waals surface area contributed by atoms with E-state index in [0.717, 1.165) is 5.56 Å². The van der Waals surface area contributed by atoms with Crippen LogP contribution >= 0.6 is 0 Å². The molecule has 0 amide bonds. The molecule has 0 nitrogen and oxygen atoms in total. The summed E-state index contributed by atoms with van der Waals surface area (Å²) in [4.78, 5) is 0. The summed E-state index contributed by atoms with van der Waals surface area (Å²) in [7, 11) is 0. The first-order valence-electron chi connectivity index (χ1n) is 4.32. The molecule has 2 aromatic carbocycles. The highest BCUT2D eigenvalue weighted by molar-refractivity contribution is 5.62. The van der Waals surface area contributed by atoms with Gasteiger partial charge in [0.25, 0.3) is 0 Å². The largest absolute Gasteiger partial charge is 0.0693 e. The van der Waals surface area contributed by atoms with Crippen LogP contribution in [-0.4, -0.2) is 0 Å². The maximum Gasteiger partial charge on any atom is -0.0000852 e. The van der Waals surface area contributed by atoms with Gasteiger partial charge < -0.3 is 0 Å². The van der Waals surface area contributed by atoms with Crippen molar-refractivity contribution in [3.05, 3.63) is 60.2 Å². The smallest absolute Gasteiger partial charge is 0.0000852 e. The minimum Gasteiger partial charge on any atom is -0.0693 e. The van der Waals surface area contributed by atoms with Gasteiger partial charge in [0, 0.05) is 0 Å². The molecule has 0 heteroatoms. The molecule has 0 unspecified atom stereocenters. The molecule has 0 fully saturated rings. The van der Waals surface area contributed by atoms with Gasteiger partial charge in [-0.3, -0.25) is 0 Å². The summed E-state index contributed by atoms with van der Waals surface area (Å²) in [6.45, 7) is 2.03. The molecule has 0 saturated carbocycles. The van der Waals surface area contributed by atoms with Crippen molar-refractivity contribution >= 4 is 0 Å². The summed E-state index contributed by atoms with van der Waals surface area (Å²) < 4.78 is 0. The lowest BCUT2D eigenvalue weighted by molar-refractivity contribution is 1.48. The van der Waals surface area contributed by atoms with Crippen molar-refractivity contribution < 1.29 is 0 Å². The van der Waals surface area contributed by atoms with Crippen LogP contribution in [0.1, 0.15) is 5.56 Å². The Morgan fingerprint density at radius 2 is 1.77 bits per heavy atom. The summed E-state index contributed by atoms with van der Waals surface area (Å²) in [6, 6.07) is 20.4. The summed E-state index contributed by atoms with van der Waals surface area (Å²) >= 11 is 0. The minimum atomic E-state index is 1.13. The molecule has 0 aliphatic rings. The molecule has 0 aliphatic carbocycles. The highest BCUT2D eigenvalue weighted by Gasteiger charge is 1.94. The molecule has 0 radical (unpaired) electrons. The molecule has 0 bridgehead atoms. The molecule has 0 atom stereocenters. The van der Waals surface area contributed by atoms with Gasteiger partial charge in [0.2, 0.25) is 0 Å². The van der Waals surface area contributed by atoms with Crippen molar-refractivity contribution in [1.29, 1.82) is 0 Å². The molecule has 0 aromatic heterocycles. The van der Waals surface area contributed by atoms with Gasteiger partial charge in [-0.2, -0.15) is 0 Å². The van der Waals surface area contributed by atoms with Crippen LogP contribution in [-0.2, 0) is 0 Å². The van der Waals surface area contributed by atoms with Gasteiger partial charge in [0.1, 0.15) is 0 Å². The van der Waals surface area contributed by atoms with E-state index in [9.17, 15) is 0 Å². The molecule has 2 aromatic rings. The summed E-state index contributed by atoms with van der Waals surface area (Å²) in [6.07, 6.45) is 0. The first-order chi connectivity index (χ1) is 6.36. The second kappa shape index (κ2) is 3.33. The monoisotopic (exact) mass is 166 g/mol. The Labute approximate surface area is 78.9 Å². The average Bonchev–Trinajstić information content (AvgIpc) is 2.19. The SMILES string of the molecule is Cc1c#ccc(-c2ccccc2)c1. The molecule has 0 spiro atoms. The standard InChI is InChI=1S/C13H10/c1-11-6-5-9-13(10-11)12-7-3-2-4-8-12/h2-4,7-10H,1H3. The lowest BCUT2D eigenvalue weighted by Gasteiger charge is -1.98. The zero-order chi connectivity index (χ0) is 9.10. The maximum absolute atomic E-state index is 3.02. The summed E-state index contributed by atoms with van der Waals surface area (Å²) in [5.74, 6) is 0. The Morgan fingerprint density at radius 3 is 2.46 bits per heavy atom. The van der Waals surface area contributed by atoms with Gasteiger partial charge in [0.05, 0.1) is 0 Å². The van der Waals surface area contributed by atoms with Gasteiger partial charge in [-0.05, 0) is 35.7 Å². The van der Waals surface area contributed by atoms with E-state index < -0.39 is 0 Å². The van der Waals surface area contributed by atoms with Crippen LogP contribution in [0.15, 0.2) is 42.5 Å². The van der Waals surface area contributed by atoms with Gasteiger partial charge in [0.15, 0.2) is 0 Å². The number of rotatable bonds is 1. The van der Waals surface area contributed by atoms with Crippen LogP contribution in [0.2, 0.25) is 0 Å². The van der Waals surface area contributed by atoms with E-state index in [1.807, 2.05) is 31.2 Å². The Kier molecular flexibility index (Phi) is 2.02. The fraction of sp³-hybridized carbons (Fsp3) is 0.0769. The third kappa shape index (κ3) is 1.71. The number of hydrogen-bond acceptors (Lipinski definition) is 0. The zero-order valence-corrected chi connectivity index (χ0v) is 7.54. The van der Waals surface area contributed by atoms with Crippen molar-refractivity contribution in [2.75, 3.05) is 0 Å². The van der Waals surface area contributed by atoms with E-state index in [1.165, 1.54) is 11.1 Å². The molecule has 13 heavy (non-hydrogen) atoms. The minimum absolute atomic E-state index is 1.13.